The van der Waals surface area contributed by atoms with Crippen LogP contribution in [-0.2, 0) is 16.0 Å². The first-order valence-electron chi connectivity index (χ1n) is 13.9. The number of allylic oxidation sites excluding steroid dienone is 3. The molecule has 38 heavy (non-hydrogen) atoms. The minimum absolute atomic E-state index is 0.000470. The molecule has 1 saturated carbocycles. The molecule has 1 aliphatic heterocycles. The molecule has 0 spiro atoms. The SMILES string of the molecule is CNC[C@H](C)CC1(CCCC(=O)CC(=O)/C=C/c2cc(OC)c(O)cc2CC2=CNC(N)C=C2)CCCC1. The Morgan fingerprint density at radius 1 is 1.32 bits per heavy atom. The second kappa shape index (κ2) is 14.3. The van der Waals surface area contributed by atoms with Crippen LogP contribution < -0.4 is 21.1 Å². The number of hydrogen-bond donors (Lipinski definition) is 4. The Kier molecular flexibility index (Phi) is 11.2. The van der Waals surface area contributed by atoms with Crippen LogP contribution in [0.4, 0.5) is 0 Å². The molecule has 0 bridgehead atoms. The maximum Gasteiger partial charge on any atom is 0.163 e. The number of rotatable bonds is 15. The van der Waals surface area contributed by atoms with Gasteiger partial charge in [0.05, 0.1) is 19.7 Å². The molecule has 5 N–H and O–H groups in total. The Hall–Kier alpha value is -2.90. The van der Waals surface area contributed by atoms with E-state index in [0.717, 1.165) is 36.1 Å². The van der Waals surface area contributed by atoms with Crippen LogP contribution in [0.15, 0.2) is 42.1 Å². The Morgan fingerprint density at radius 3 is 2.74 bits per heavy atom. The van der Waals surface area contributed by atoms with Gasteiger partial charge < -0.3 is 26.2 Å². The van der Waals surface area contributed by atoms with Crippen molar-refractivity contribution in [1.29, 1.82) is 0 Å². The van der Waals surface area contributed by atoms with E-state index in [1.807, 2.05) is 25.4 Å². The molecule has 1 unspecified atom stereocenters. The third-order valence-electron chi connectivity index (χ3n) is 7.80. The van der Waals surface area contributed by atoms with E-state index in [-0.39, 0.29) is 29.9 Å². The highest BCUT2D eigenvalue weighted by Gasteiger charge is 2.34. The molecular weight excluding hydrogens is 478 g/mol. The fraction of sp³-hybridized carbons (Fsp3) is 0.548. The number of phenols is 1. The van der Waals surface area contributed by atoms with Crippen molar-refractivity contribution in [3.05, 3.63) is 53.3 Å². The van der Waals surface area contributed by atoms with Crippen LogP contribution in [-0.4, -0.2) is 43.5 Å². The van der Waals surface area contributed by atoms with Crippen LogP contribution in [0.2, 0.25) is 0 Å². The highest BCUT2D eigenvalue weighted by Crippen LogP contribution is 2.47. The van der Waals surface area contributed by atoms with E-state index in [0.29, 0.717) is 29.9 Å². The van der Waals surface area contributed by atoms with Gasteiger partial charge in [0.15, 0.2) is 17.3 Å². The molecule has 1 fully saturated rings. The van der Waals surface area contributed by atoms with Crippen LogP contribution in [0.5, 0.6) is 11.5 Å². The number of nitrogens with two attached hydrogens (primary N) is 1. The number of dihydropyridines is 1. The summed E-state index contributed by atoms with van der Waals surface area (Å²) in [5.74, 6) is 0.778. The second-order valence-corrected chi connectivity index (χ2v) is 11.1. The average Bonchev–Trinajstić information content (AvgIpc) is 3.33. The Bertz CT molecular complexity index is 1050. The van der Waals surface area contributed by atoms with Gasteiger partial charge in [-0.15, -0.1) is 0 Å². The summed E-state index contributed by atoms with van der Waals surface area (Å²) in [5, 5.41) is 16.6. The van der Waals surface area contributed by atoms with Crippen molar-refractivity contribution in [1.82, 2.24) is 10.6 Å². The van der Waals surface area contributed by atoms with Crippen molar-refractivity contribution < 1.29 is 19.4 Å². The number of aromatic hydroxyl groups is 1. The Morgan fingerprint density at radius 2 is 2.08 bits per heavy atom. The number of phenolic OH excluding ortho intramolecular Hbond substituents is 1. The van der Waals surface area contributed by atoms with Crippen LogP contribution in [0, 0.1) is 11.3 Å². The van der Waals surface area contributed by atoms with Gasteiger partial charge in [-0.25, -0.2) is 0 Å². The monoisotopic (exact) mass is 523 g/mol. The van der Waals surface area contributed by atoms with Gasteiger partial charge in [-0.1, -0.05) is 31.9 Å². The predicted octanol–water partition coefficient (Wildman–Crippen LogP) is 4.79. The first-order valence-corrected chi connectivity index (χ1v) is 13.9. The number of methoxy groups -OCH3 is 1. The normalized spacial score (nSPS) is 19.3. The van der Waals surface area contributed by atoms with E-state index >= 15 is 0 Å². The molecule has 7 nitrogen and oxygen atoms in total. The molecule has 1 aromatic rings. The van der Waals surface area contributed by atoms with E-state index in [4.69, 9.17) is 10.5 Å². The molecule has 1 heterocycles. The molecular formula is C31H45N3O4. The minimum atomic E-state index is -0.219. The Labute approximate surface area is 227 Å². The van der Waals surface area contributed by atoms with E-state index in [9.17, 15) is 14.7 Å². The standard InChI is InChI=1S/C31H45N3O4/c1-22(20-33-2)19-31(12-4-5-13-31)14-6-7-26(35)18-27(36)10-9-24-17-29(38-3)28(37)16-25(24)15-23-8-11-30(32)34-21-23/h8-11,16-17,21-22,30,33-34,37H,4-7,12-15,18-20,32H2,1-3H3/b10-9+/t22-,30?/m1/s1. The van der Waals surface area contributed by atoms with Gasteiger partial charge in [-0.3, -0.25) is 9.59 Å². The summed E-state index contributed by atoms with van der Waals surface area (Å²) in [6.45, 7) is 3.33. The third-order valence-corrected chi connectivity index (χ3v) is 7.80. The number of benzene rings is 1. The lowest BCUT2D eigenvalue weighted by Gasteiger charge is -2.32. The molecule has 7 heteroatoms. The molecule has 208 valence electrons. The van der Waals surface area contributed by atoms with Crippen molar-refractivity contribution >= 4 is 17.6 Å². The van der Waals surface area contributed by atoms with Gasteiger partial charge in [0, 0.05) is 12.6 Å². The smallest absolute Gasteiger partial charge is 0.163 e. The maximum atomic E-state index is 12.6. The lowest BCUT2D eigenvalue weighted by atomic mass is 9.74. The molecule has 2 aliphatic rings. The molecule has 3 rings (SSSR count). The van der Waals surface area contributed by atoms with Crippen LogP contribution in [0.3, 0.4) is 0 Å². The highest BCUT2D eigenvalue weighted by atomic mass is 16.5. The lowest BCUT2D eigenvalue weighted by molar-refractivity contribution is -0.124. The first kappa shape index (κ1) is 29.7. The summed E-state index contributed by atoms with van der Waals surface area (Å²) in [5.41, 5.74) is 8.76. The van der Waals surface area contributed by atoms with Crippen LogP contribution in [0.25, 0.3) is 6.08 Å². The number of nitrogens with one attached hydrogen (secondary N) is 2. The molecule has 1 aromatic carbocycles. The minimum Gasteiger partial charge on any atom is -0.504 e. The molecule has 0 aromatic heterocycles. The van der Waals surface area contributed by atoms with Crippen LogP contribution in [0.1, 0.15) is 75.8 Å². The van der Waals surface area contributed by atoms with Gasteiger partial charge in [0.1, 0.15) is 5.78 Å². The molecule has 0 amide bonds. The lowest BCUT2D eigenvalue weighted by Crippen LogP contribution is -2.33. The summed E-state index contributed by atoms with van der Waals surface area (Å²) < 4.78 is 5.26. The topological polar surface area (TPSA) is 114 Å². The van der Waals surface area contributed by atoms with Crippen LogP contribution >= 0.6 is 0 Å². The summed E-state index contributed by atoms with van der Waals surface area (Å²) in [6.07, 6.45) is 17.7. The Balaban J connectivity index is 1.56. The van der Waals surface area contributed by atoms with E-state index in [1.165, 1.54) is 45.3 Å². The fourth-order valence-corrected chi connectivity index (χ4v) is 5.99. The molecule has 0 saturated heterocycles. The first-order chi connectivity index (χ1) is 18.2. The predicted molar refractivity (Wildman–Crippen MR) is 153 cm³/mol. The van der Waals surface area contributed by atoms with Crippen molar-refractivity contribution in [2.24, 2.45) is 17.1 Å². The molecule has 0 radical (unpaired) electrons. The molecule has 2 atom stereocenters. The number of ether oxygens (including phenoxy) is 1. The zero-order valence-electron chi connectivity index (χ0n) is 23.2. The van der Waals surface area contributed by atoms with Gasteiger partial charge in [-0.2, -0.15) is 0 Å². The van der Waals surface area contributed by atoms with E-state index in [1.54, 1.807) is 18.2 Å². The summed E-state index contributed by atoms with van der Waals surface area (Å²) in [6, 6.07) is 3.35. The zero-order valence-corrected chi connectivity index (χ0v) is 23.2. The highest BCUT2D eigenvalue weighted by molar-refractivity contribution is 6.06. The number of carbonyl (C=O) groups excluding carboxylic acids is 2. The van der Waals surface area contributed by atoms with Crippen molar-refractivity contribution in [3.63, 3.8) is 0 Å². The number of Topliss-reactive ketones (excluding diaryl/α,β-unsaturated/α-hetero) is 1. The van der Waals surface area contributed by atoms with Crippen molar-refractivity contribution in [2.45, 2.75) is 77.3 Å². The van der Waals surface area contributed by atoms with Gasteiger partial charge in [0.25, 0.3) is 0 Å². The van der Waals surface area contributed by atoms with E-state index < -0.39 is 0 Å². The maximum absolute atomic E-state index is 12.6. The van der Waals surface area contributed by atoms with Crippen molar-refractivity contribution in [3.8, 4) is 11.5 Å². The summed E-state index contributed by atoms with van der Waals surface area (Å²) >= 11 is 0. The van der Waals surface area contributed by atoms with Gasteiger partial charge in [-0.05, 0) is 104 Å². The largest absolute Gasteiger partial charge is 0.504 e. The average molecular weight is 524 g/mol. The van der Waals surface area contributed by atoms with Gasteiger partial charge >= 0.3 is 0 Å². The third kappa shape index (κ3) is 8.84. The van der Waals surface area contributed by atoms with Crippen molar-refractivity contribution in [2.75, 3.05) is 20.7 Å². The number of ketones is 2. The fourth-order valence-electron chi connectivity index (χ4n) is 5.99. The second-order valence-electron chi connectivity index (χ2n) is 11.1. The summed E-state index contributed by atoms with van der Waals surface area (Å²) in [7, 11) is 3.49. The number of hydrogen-bond acceptors (Lipinski definition) is 7. The quantitative estimate of drug-likeness (QED) is 0.193. The van der Waals surface area contributed by atoms with E-state index in [2.05, 4.69) is 17.6 Å². The summed E-state index contributed by atoms with van der Waals surface area (Å²) in [4.78, 5) is 25.3. The molecule has 1 aliphatic carbocycles. The van der Waals surface area contributed by atoms with Gasteiger partial charge in [0.2, 0.25) is 0 Å². The number of carbonyl (C=O) groups is 2. The zero-order chi connectivity index (χ0) is 27.5.